The Morgan fingerprint density at radius 1 is 1.44 bits per heavy atom. The first kappa shape index (κ1) is 12.7. The lowest BCUT2D eigenvalue weighted by Gasteiger charge is -2.22. The number of anilines is 1. The van der Waals surface area contributed by atoms with Crippen LogP contribution in [0.15, 0.2) is 12.1 Å². The Morgan fingerprint density at radius 2 is 2.33 bits per heavy atom. The van der Waals surface area contributed by atoms with Gasteiger partial charge in [-0.1, -0.05) is 0 Å². The first-order valence-corrected chi connectivity index (χ1v) is 5.78. The van der Waals surface area contributed by atoms with E-state index in [-0.39, 0.29) is 17.7 Å². The third-order valence-electron chi connectivity index (χ3n) is 2.53. The average Bonchev–Trinajstić information content (AvgIpc) is 2.46. The van der Waals surface area contributed by atoms with E-state index in [0.29, 0.717) is 32.2 Å². The van der Waals surface area contributed by atoms with E-state index in [4.69, 9.17) is 9.47 Å². The summed E-state index contributed by atoms with van der Waals surface area (Å²) in [5, 5.41) is 13.2. The lowest BCUT2D eigenvalue weighted by Crippen LogP contribution is -2.39. The van der Waals surface area contributed by atoms with Crippen LogP contribution in [-0.2, 0) is 9.47 Å². The highest BCUT2D eigenvalue weighted by molar-refractivity contribution is 5.92. The number of rotatable bonds is 4. The minimum Gasteiger partial charge on any atom is -0.376 e. The molecule has 1 aromatic heterocycles. The van der Waals surface area contributed by atoms with Crippen LogP contribution in [0.25, 0.3) is 0 Å². The van der Waals surface area contributed by atoms with Crippen LogP contribution in [0.1, 0.15) is 10.5 Å². The molecule has 0 aliphatic carbocycles. The average molecular weight is 252 g/mol. The topological polar surface area (TPSA) is 85.4 Å². The van der Waals surface area contributed by atoms with Crippen LogP contribution in [0.3, 0.4) is 0 Å². The van der Waals surface area contributed by atoms with Crippen molar-refractivity contribution in [1.82, 2.24) is 15.5 Å². The molecule has 0 bridgehead atoms. The molecule has 18 heavy (non-hydrogen) atoms. The summed E-state index contributed by atoms with van der Waals surface area (Å²) in [5.74, 6) is 0.356. The predicted octanol–water partition coefficient (Wildman–Crippen LogP) is -0.336. The van der Waals surface area contributed by atoms with Gasteiger partial charge in [-0.15, -0.1) is 10.2 Å². The van der Waals surface area contributed by atoms with Crippen LogP contribution < -0.4 is 10.6 Å². The van der Waals surface area contributed by atoms with Gasteiger partial charge in [-0.05, 0) is 12.1 Å². The molecule has 98 valence electrons. The fourth-order valence-electron chi connectivity index (χ4n) is 1.54. The van der Waals surface area contributed by atoms with Crippen molar-refractivity contribution in [3.8, 4) is 0 Å². The highest BCUT2D eigenvalue weighted by atomic mass is 16.6. The van der Waals surface area contributed by atoms with Gasteiger partial charge in [0.05, 0.1) is 25.9 Å². The Kier molecular flexibility index (Phi) is 4.43. The first-order valence-electron chi connectivity index (χ1n) is 5.78. The highest BCUT2D eigenvalue weighted by Crippen LogP contribution is 2.02. The van der Waals surface area contributed by atoms with E-state index in [1.165, 1.54) is 0 Å². The predicted molar refractivity (Wildman–Crippen MR) is 64.5 cm³/mol. The van der Waals surface area contributed by atoms with Crippen molar-refractivity contribution in [3.05, 3.63) is 17.8 Å². The summed E-state index contributed by atoms with van der Waals surface area (Å²) in [4.78, 5) is 11.8. The summed E-state index contributed by atoms with van der Waals surface area (Å²) in [6, 6.07) is 3.31. The van der Waals surface area contributed by atoms with Crippen molar-refractivity contribution in [2.75, 3.05) is 38.7 Å². The minimum absolute atomic E-state index is 0.0905. The van der Waals surface area contributed by atoms with E-state index in [9.17, 15) is 4.79 Å². The van der Waals surface area contributed by atoms with Gasteiger partial charge in [0.1, 0.15) is 5.82 Å². The molecule has 1 unspecified atom stereocenters. The molecule has 1 aromatic rings. The van der Waals surface area contributed by atoms with E-state index < -0.39 is 0 Å². The molecule has 0 saturated carbocycles. The van der Waals surface area contributed by atoms with Gasteiger partial charge in [-0.3, -0.25) is 4.79 Å². The number of hydrogen-bond acceptors (Lipinski definition) is 6. The third kappa shape index (κ3) is 3.38. The molecule has 1 amide bonds. The molecular formula is C11H16N4O3. The number of hydrogen-bond donors (Lipinski definition) is 2. The van der Waals surface area contributed by atoms with Crippen LogP contribution in [-0.4, -0.2) is 55.6 Å². The van der Waals surface area contributed by atoms with E-state index in [1.54, 1.807) is 19.2 Å². The van der Waals surface area contributed by atoms with E-state index in [0.717, 1.165) is 0 Å². The zero-order valence-electron chi connectivity index (χ0n) is 10.2. The third-order valence-corrected chi connectivity index (χ3v) is 2.53. The van der Waals surface area contributed by atoms with Gasteiger partial charge in [0, 0.05) is 13.6 Å². The second kappa shape index (κ2) is 6.27. The molecule has 2 heterocycles. The largest absolute Gasteiger partial charge is 0.376 e. The lowest BCUT2D eigenvalue weighted by atomic mass is 10.3. The molecule has 0 radical (unpaired) electrons. The second-order valence-electron chi connectivity index (χ2n) is 3.83. The lowest BCUT2D eigenvalue weighted by molar-refractivity contribution is -0.0855. The normalized spacial score (nSPS) is 19.3. The maximum atomic E-state index is 11.8. The van der Waals surface area contributed by atoms with Gasteiger partial charge in [-0.2, -0.15) is 0 Å². The highest BCUT2D eigenvalue weighted by Gasteiger charge is 2.16. The summed E-state index contributed by atoms with van der Waals surface area (Å²) in [6.07, 6.45) is -0.0905. The van der Waals surface area contributed by atoms with E-state index >= 15 is 0 Å². The molecule has 1 aliphatic rings. The van der Waals surface area contributed by atoms with Gasteiger partial charge in [-0.25, -0.2) is 0 Å². The van der Waals surface area contributed by atoms with Gasteiger partial charge in [0.25, 0.3) is 5.91 Å². The van der Waals surface area contributed by atoms with Crippen LogP contribution in [0, 0.1) is 0 Å². The number of nitrogens with one attached hydrogen (secondary N) is 2. The number of carbonyl (C=O) groups excluding carboxylic acids is 1. The Morgan fingerprint density at radius 3 is 2.94 bits per heavy atom. The number of carbonyl (C=O) groups is 1. The first-order chi connectivity index (χ1) is 8.79. The standard InChI is InChI=1S/C11H16N4O3/c1-12-10-3-2-9(14-15-10)11(16)13-6-8-7-17-4-5-18-8/h2-3,8H,4-7H2,1H3,(H,12,15)(H,13,16). The maximum absolute atomic E-state index is 11.8. The molecule has 2 N–H and O–H groups in total. The minimum atomic E-state index is -0.265. The number of ether oxygens (including phenoxy) is 2. The molecule has 2 rings (SSSR count). The van der Waals surface area contributed by atoms with E-state index in [1.807, 2.05) is 0 Å². The number of nitrogens with zero attached hydrogens (tertiary/aromatic N) is 2. The van der Waals surface area contributed by atoms with E-state index in [2.05, 4.69) is 20.8 Å². The molecular weight excluding hydrogens is 236 g/mol. The second-order valence-corrected chi connectivity index (χ2v) is 3.83. The van der Waals surface area contributed by atoms with Gasteiger partial charge < -0.3 is 20.1 Å². The SMILES string of the molecule is CNc1ccc(C(=O)NCC2COCCO2)nn1. The fourth-order valence-corrected chi connectivity index (χ4v) is 1.54. The van der Waals surface area contributed by atoms with Crippen LogP contribution >= 0.6 is 0 Å². The summed E-state index contributed by atoms with van der Waals surface area (Å²) < 4.78 is 10.7. The van der Waals surface area contributed by atoms with Gasteiger partial charge in [0.15, 0.2) is 5.69 Å². The van der Waals surface area contributed by atoms with Crippen molar-refractivity contribution >= 4 is 11.7 Å². The summed E-state index contributed by atoms with van der Waals surface area (Å²) in [6.45, 7) is 2.09. The van der Waals surface area contributed by atoms with Crippen molar-refractivity contribution in [1.29, 1.82) is 0 Å². The summed E-state index contributed by atoms with van der Waals surface area (Å²) in [5.41, 5.74) is 0.283. The molecule has 0 aromatic carbocycles. The van der Waals surface area contributed by atoms with Crippen molar-refractivity contribution in [2.45, 2.75) is 6.10 Å². The molecule has 1 aliphatic heterocycles. The Hall–Kier alpha value is -1.73. The van der Waals surface area contributed by atoms with Crippen molar-refractivity contribution < 1.29 is 14.3 Å². The zero-order valence-corrected chi connectivity index (χ0v) is 10.2. The smallest absolute Gasteiger partial charge is 0.271 e. The number of aromatic nitrogens is 2. The molecule has 7 nitrogen and oxygen atoms in total. The number of amides is 1. The Labute approximate surface area is 105 Å². The van der Waals surface area contributed by atoms with Crippen LogP contribution in [0.2, 0.25) is 0 Å². The Balaban J connectivity index is 1.82. The summed E-state index contributed by atoms with van der Waals surface area (Å²) in [7, 11) is 1.74. The fraction of sp³-hybridized carbons (Fsp3) is 0.545. The maximum Gasteiger partial charge on any atom is 0.271 e. The van der Waals surface area contributed by atoms with Crippen LogP contribution in [0.4, 0.5) is 5.82 Å². The zero-order chi connectivity index (χ0) is 12.8. The van der Waals surface area contributed by atoms with Gasteiger partial charge >= 0.3 is 0 Å². The summed E-state index contributed by atoms with van der Waals surface area (Å²) >= 11 is 0. The molecule has 0 spiro atoms. The molecule has 1 saturated heterocycles. The molecule has 1 atom stereocenters. The molecule has 7 heteroatoms. The molecule has 1 fully saturated rings. The monoisotopic (exact) mass is 252 g/mol. The van der Waals surface area contributed by atoms with Crippen molar-refractivity contribution in [2.24, 2.45) is 0 Å². The van der Waals surface area contributed by atoms with Crippen LogP contribution in [0.5, 0.6) is 0 Å². The Bertz CT molecular complexity index is 390. The quantitative estimate of drug-likeness (QED) is 0.762. The van der Waals surface area contributed by atoms with Gasteiger partial charge in [0.2, 0.25) is 0 Å². The van der Waals surface area contributed by atoms with Crippen molar-refractivity contribution in [3.63, 3.8) is 0 Å².